The van der Waals surface area contributed by atoms with E-state index < -0.39 is 10.0 Å². The van der Waals surface area contributed by atoms with E-state index in [1.807, 2.05) is 12.3 Å². The van der Waals surface area contributed by atoms with E-state index in [1.165, 1.54) is 12.1 Å². The number of nitrogens with one attached hydrogen (secondary N) is 1. The summed E-state index contributed by atoms with van der Waals surface area (Å²) in [6, 6.07) is 2.35. The van der Waals surface area contributed by atoms with Crippen LogP contribution in [0.1, 0.15) is 37.0 Å². The van der Waals surface area contributed by atoms with Crippen LogP contribution in [0.3, 0.4) is 0 Å². The number of thiazole rings is 1. The number of carbonyl (C=O) groups excluding carboxylic acids is 1. The maximum atomic E-state index is 13.1. The van der Waals surface area contributed by atoms with Crippen molar-refractivity contribution in [3.05, 3.63) is 39.3 Å². The highest BCUT2D eigenvalue weighted by Gasteiger charge is 2.28. The molecule has 0 spiro atoms. The lowest BCUT2D eigenvalue weighted by molar-refractivity contribution is 0.0746. The predicted octanol–water partition coefficient (Wildman–Crippen LogP) is 3.88. The molecule has 30 heavy (non-hydrogen) atoms. The summed E-state index contributed by atoms with van der Waals surface area (Å²) in [5.41, 5.74) is 0.132. The highest BCUT2D eigenvalue weighted by molar-refractivity contribution is 7.89. The normalized spacial score (nSPS) is 16.0. The summed E-state index contributed by atoms with van der Waals surface area (Å²) in [4.78, 5) is 21.0. The molecule has 0 saturated carbocycles. The Bertz CT molecular complexity index is 991. The molecule has 1 atom stereocenters. The lowest BCUT2D eigenvalue weighted by atomic mass is 10.1. The number of amides is 1. The van der Waals surface area contributed by atoms with Crippen LogP contribution in [0, 0.1) is 0 Å². The third-order valence-electron chi connectivity index (χ3n) is 4.88. The van der Waals surface area contributed by atoms with E-state index in [1.54, 1.807) is 29.4 Å². The van der Waals surface area contributed by atoms with Gasteiger partial charge in [0.2, 0.25) is 10.0 Å². The van der Waals surface area contributed by atoms with Crippen LogP contribution < -0.4 is 9.62 Å². The largest absolute Gasteiger partial charge is 0.345 e. The van der Waals surface area contributed by atoms with Crippen molar-refractivity contribution in [1.82, 2.24) is 14.6 Å². The number of piperazine rings is 1. The lowest BCUT2D eigenvalue weighted by Crippen LogP contribution is -2.48. The molecule has 0 unspecified atom stereocenters. The molecule has 1 fully saturated rings. The third kappa shape index (κ3) is 5.26. The molecule has 2 aromatic rings. The third-order valence-corrected chi connectivity index (χ3v) is 8.08. The number of hydrogen-bond donors (Lipinski definition) is 1. The number of nitrogens with zero attached hydrogens (tertiary/aromatic N) is 3. The van der Waals surface area contributed by atoms with E-state index in [0.29, 0.717) is 32.6 Å². The van der Waals surface area contributed by atoms with Gasteiger partial charge in [-0.25, -0.2) is 18.1 Å². The minimum Gasteiger partial charge on any atom is -0.345 e. The zero-order valence-corrected chi connectivity index (χ0v) is 19.9. The second kappa shape index (κ2) is 9.82. The Morgan fingerprint density at radius 1 is 1.23 bits per heavy atom. The number of sulfonamides is 1. The first kappa shape index (κ1) is 23.3. The van der Waals surface area contributed by atoms with Gasteiger partial charge in [0.1, 0.15) is 4.90 Å². The molecule has 7 nitrogen and oxygen atoms in total. The topological polar surface area (TPSA) is 82.6 Å². The highest BCUT2D eigenvalue weighted by atomic mass is 35.5. The van der Waals surface area contributed by atoms with Crippen LogP contribution in [0.2, 0.25) is 10.0 Å². The summed E-state index contributed by atoms with van der Waals surface area (Å²) in [5, 5.41) is 2.96. The van der Waals surface area contributed by atoms with Gasteiger partial charge in [-0.05, 0) is 25.5 Å². The van der Waals surface area contributed by atoms with Crippen molar-refractivity contribution in [1.29, 1.82) is 0 Å². The predicted molar refractivity (Wildman–Crippen MR) is 121 cm³/mol. The van der Waals surface area contributed by atoms with Crippen LogP contribution in [-0.4, -0.2) is 56.4 Å². The van der Waals surface area contributed by atoms with Gasteiger partial charge in [-0.1, -0.05) is 36.5 Å². The van der Waals surface area contributed by atoms with Gasteiger partial charge in [-0.15, -0.1) is 11.3 Å². The first-order valence-corrected chi connectivity index (χ1v) is 12.8. The standard InChI is InChI=1S/C19H24Cl2N4O3S2/c1-3-4-13(2)23-30(27,28)17-11-14(15(20)12-16(17)21)18(26)24-6-8-25(9-7-24)19-22-5-10-29-19/h5,10-13,23H,3-4,6-9H2,1-2H3/t13-/m1/s1. The van der Waals surface area contributed by atoms with Crippen molar-refractivity contribution in [3.8, 4) is 0 Å². The Kier molecular flexibility index (Phi) is 7.62. The number of halogens is 2. The Balaban J connectivity index is 1.79. The van der Waals surface area contributed by atoms with Crippen molar-refractivity contribution >= 4 is 55.6 Å². The number of anilines is 1. The second-order valence-corrected chi connectivity index (χ2v) is 10.5. The Hall–Kier alpha value is -1.39. The molecule has 1 aliphatic heterocycles. The highest BCUT2D eigenvalue weighted by Crippen LogP contribution is 2.30. The van der Waals surface area contributed by atoms with Crippen molar-refractivity contribution < 1.29 is 13.2 Å². The van der Waals surface area contributed by atoms with E-state index >= 15 is 0 Å². The number of aromatic nitrogens is 1. The van der Waals surface area contributed by atoms with Gasteiger partial charge in [0.15, 0.2) is 5.13 Å². The summed E-state index contributed by atoms with van der Waals surface area (Å²) < 4.78 is 28.2. The zero-order chi connectivity index (χ0) is 21.9. The minimum atomic E-state index is -3.88. The molecule has 1 N–H and O–H groups in total. The van der Waals surface area contributed by atoms with Gasteiger partial charge < -0.3 is 9.80 Å². The van der Waals surface area contributed by atoms with Crippen molar-refractivity contribution in [3.63, 3.8) is 0 Å². The first-order chi connectivity index (χ1) is 14.2. The van der Waals surface area contributed by atoms with E-state index in [4.69, 9.17) is 23.2 Å². The molecule has 0 aliphatic carbocycles. The summed E-state index contributed by atoms with van der Waals surface area (Å²) in [6.45, 7) is 6.04. The van der Waals surface area contributed by atoms with E-state index in [0.717, 1.165) is 11.6 Å². The quantitative estimate of drug-likeness (QED) is 0.636. The molecule has 1 aliphatic rings. The molecular weight excluding hydrogens is 467 g/mol. The fraction of sp³-hybridized carbons (Fsp3) is 0.474. The van der Waals surface area contributed by atoms with Crippen LogP contribution in [0.5, 0.6) is 0 Å². The van der Waals surface area contributed by atoms with Crippen LogP contribution in [-0.2, 0) is 10.0 Å². The average molecular weight is 491 g/mol. The van der Waals surface area contributed by atoms with Crippen LogP contribution in [0.25, 0.3) is 0 Å². The minimum absolute atomic E-state index is 0.0127. The molecule has 1 saturated heterocycles. The Morgan fingerprint density at radius 2 is 1.93 bits per heavy atom. The number of carbonyl (C=O) groups is 1. The molecule has 2 heterocycles. The van der Waals surface area contributed by atoms with Crippen molar-refractivity contribution in [2.75, 3.05) is 31.1 Å². The number of hydrogen-bond acceptors (Lipinski definition) is 6. The van der Waals surface area contributed by atoms with Crippen LogP contribution >= 0.6 is 34.5 Å². The summed E-state index contributed by atoms with van der Waals surface area (Å²) in [7, 11) is -3.88. The first-order valence-electron chi connectivity index (χ1n) is 9.68. The van der Waals surface area contributed by atoms with Crippen LogP contribution in [0.4, 0.5) is 5.13 Å². The summed E-state index contributed by atoms with van der Waals surface area (Å²) in [6.07, 6.45) is 3.29. The molecule has 0 radical (unpaired) electrons. The van der Waals surface area contributed by atoms with Gasteiger partial charge in [-0.2, -0.15) is 0 Å². The van der Waals surface area contributed by atoms with Crippen molar-refractivity contribution in [2.24, 2.45) is 0 Å². The molecule has 164 valence electrons. The summed E-state index contributed by atoms with van der Waals surface area (Å²) in [5.74, 6) is -0.312. The monoisotopic (exact) mass is 490 g/mol. The van der Waals surface area contributed by atoms with E-state index in [9.17, 15) is 13.2 Å². The molecule has 1 aromatic carbocycles. The smallest absolute Gasteiger partial charge is 0.255 e. The van der Waals surface area contributed by atoms with Gasteiger partial charge in [-0.3, -0.25) is 4.79 Å². The van der Waals surface area contributed by atoms with Gasteiger partial charge in [0.05, 0.1) is 15.6 Å². The van der Waals surface area contributed by atoms with E-state index in [2.05, 4.69) is 14.6 Å². The van der Waals surface area contributed by atoms with E-state index in [-0.39, 0.29) is 32.5 Å². The molecule has 0 bridgehead atoms. The Morgan fingerprint density at radius 3 is 2.53 bits per heavy atom. The van der Waals surface area contributed by atoms with Gasteiger partial charge >= 0.3 is 0 Å². The van der Waals surface area contributed by atoms with Gasteiger partial charge in [0, 0.05) is 43.8 Å². The molecule has 1 amide bonds. The second-order valence-electron chi connectivity index (χ2n) is 7.17. The SMILES string of the molecule is CCC[C@@H](C)NS(=O)(=O)c1cc(C(=O)N2CCN(c3nccs3)CC2)c(Cl)cc1Cl. The van der Waals surface area contributed by atoms with Crippen molar-refractivity contribution in [2.45, 2.75) is 37.6 Å². The number of benzene rings is 1. The molecule has 3 rings (SSSR count). The lowest BCUT2D eigenvalue weighted by Gasteiger charge is -2.34. The average Bonchev–Trinajstić information content (AvgIpc) is 3.22. The fourth-order valence-electron chi connectivity index (χ4n) is 3.36. The molecular formula is C19H24Cl2N4O3S2. The fourth-order valence-corrected chi connectivity index (χ4v) is 6.19. The summed E-state index contributed by atoms with van der Waals surface area (Å²) >= 11 is 14.0. The maximum Gasteiger partial charge on any atom is 0.255 e. The van der Waals surface area contributed by atoms with Crippen LogP contribution in [0.15, 0.2) is 28.6 Å². The van der Waals surface area contributed by atoms with Gasteiger partial charge in [0.25, 0.3) is 5.91 Å². The molecule has 1 aromatic heterocycles. The Labute approximate surface area is 191 Å². The molecule has 11 heteroatoms. The maximum absolute atomic E-state index is 13.1. The number of rotatable bonds is 7. The zero-order valence-electron chi connectivity index (χ0n) is 16.8.